The summed E-state index contributed by atoms with van der Waals surface area (Å²) < 4.78 is 4.17. The van der Waals surface area contributed by atoms with Crippen LogP contribution in [0.15, 0.2) is 43.0 Å². The number of nitrogens with one attached hydrogen (secondary N) is 1. The topological polar surface area (TPSA) is 64.7 Å². The average molecular weight is 351 g/mol. The van der Waals surface area contributed by atoms with E-state index in [0.717, 1.165) is 42.7 Å². The summed E-state index contributed by atoms with van der Waals surface area (Å²) in [5.74, 6) is 1.15. The van der Waals surface area contributed by atoms with Gasteiger partial charge in [0, 0.05) is 37.3 Å². The number of benzene rings is 1. The van der Waals surface area contributed by atoms with Crippen molar-refractivity contribution in [1.82, 2.24) is 24.4 Å². The van der Waals surface area contributed by atoms with E-state index in [0.29, 0.717) is 6.54 Å². The maximum atomic E-state index is 12.7. The van der Waals surface area contributed by atoms with Gasteiger partial charge in [-0.25, -0.2) is 9.97 Å². The Morgan fingerprint density at radius 2 is 2.12 bits per heavy atom. The first-order valence-corrected chi connectivity index (χ1v) is 9.31. The van der Waals surface area contributed by atoms with Gasteiger partial charge in [0.05, 0.1) is 17.4 Å². The van der Waals surface area contributed by atoms with Crippen molar-refractivity contribution in [2.45, 2.75) is 45.7 Å². The molecule has 0 saturated heterocycles. The van der Waals surface area contributed by atoms with Crippen LogP contribution in [0.1, 0.15) is 38.6 Å². The molecule has 1 atom stereocenters. The number of hydrogen-bond donors (Lipinski definition) is 1. The Balaban J connectivity index is 1.40. The Kier molecular flexibility index (Phi) is 4.26. The van der Waals surface area contributed by atoms with Crippen LogP contribution in [0.5, 0.6) is 0 Å². The van der Waals surface area contributed by atoms with Gasteiger partial charge in [0.1, 0.15) is 11.9 Å². The standard InChI is InChI=1S/C20H25N5O/c1-3-18-21-10-11-24(18)13-20(8-9-20)12-22-19(26)15(2)25-14-23-16-6-4-5-7-17(16)25/h4-7,10-11,14-15H,3,8-9,12-13H2,1-2H3,(H,22,26). The fourth-order valence-corrected chi connectivity index (χ4v) is 3.56. The lowest BCUT2D eigenvalue weighted by Gasteiger charge is -2.20. The smallest absolute Gasteiger partial charge is 0.242 e. The third kappa shape index (κ3) is 3.11. The van der Waals surface area contributed by atoms with E-state index in [1.807, 2.05) is 48.1 Å². The monoisotopic (exact) mass is 351 g/mol. The Bertz CT molecular complexity index is 921. The Labute approximate surface area is 153 Å². The molecule has 6 heteroatoms. The number of imidazole rings is 2. The molecule has 3 aromatic rings. The maximum Gasteiger partial charge on any atom is 0.242 e. The second kappa shape index (κ2) is 6.59. The number of rotatable bonds is 7. The fourth-order valence-electron chi connectivity index (χ4n) is 3.56. The summed E-state index contributed by atoms with van der Waals surface area (Å²) in [5.41, 5.74) is 2.08. The lowest BCUT2D eigenvalue weighted by Crippen LogP contribution is -2.36. The Hall–Kier alpha value is -2.63. The number of nitrogens with zero attached hydrogens (tertiary/aromatic N) is 4. The predicted molar refractivity (Wildman–Crippen MR) is 101 cm³/mol. The first-order chi connectivity index (χ1) is 12.6. The van der Waals surface area contributed by atoms with Gasteiger partial charge in [-0.3, -0.25) is 4.79 Å². The average Bonchev–Trinajstić information content (AvgIpc) is 3.08. The quantitative estimate of drug-likeness (QED) is 0.712. The molecule has 4 rings (SSSR count). The molecule has 1 aliphatic carbocycles. The first-order valence-electron chi connectivity index (χ1n) is 9.31. The van der Waals surface area contributed by atoms with Crippen molar-refractivity contribution < 1.29 is 4.79 Å². The van der Waals surface area contributed by atoms with Gasteiger partial charge in [-0.15, -0.1) is 0 Å². The minimum absolute atomic E-state index is 0.0424. The summed E-state index contributed by atoms with van der Waals surface area (Å²) in [4.78, 5) is 21.5. The molecule has 1 fully saturated rings. The van der Waals surface area contributed by atoms with Crippen LogP contribution < -0.4 is 5.32 Å². The molecule has 136 valence electrons. The van der Waals surface area contributed by atoms with Gasteiger partial charge in [-0.2, -0.15) is 0 Å². The molecule has 1 unspecified atom stereocenters. The first kappa shape index (κ1) is 16.8. The Morgan fingerprint density at radius 1 is 1.31 bits per heavy atom. The molecule has 1 amide bonds. The highest BCUT2D eigenvalue weighted by Crippen LogP contribution is 2.46. The zero-order valence-electron chi connectivity index (χ0n) is 15.4. The summed E-state index contributed by atoms with van der Waals surface area (Å²) in [7, 11) is 0. The van der Waals surface area contributed by atoms with Crippen LogP contribution in [0.4, 0.5) is 0 Å². The van der Waals surface area contributed by atoms with Crippen LogP contribution >= 0.6 is 0 Å². The van der Waals surface area contributed by atoms with Crippen LogP contribution in [-0.4, -0.2) is 31.6 Å². The number of carbonyl (C=O) groups is 1. The number of para-hydroxylation sites is 2. The molecule has 1 aromatic carbocycles. The van der Waals surface area contributed by atoms with E-state index in [-0.39, 0.29) is 17.4 Å². The van der Waals surface area contributed by atoms with Crippen LogP contribution in [0.3, 0.4) is 0 Å². The molecule has 1 aliphatic rings. The van der Waals surface area contributed by atoms with Crippen molar-refractivity contribution in [2.24, 2.45) is 5.41 Å². The summed E-state index contributed by atoms with van der Waals surface area (Å²) >= 11 is 0. The molecular formula is C20H25N5O. The molecule has 0 spiro atoms. The lowest BCUT2D eigenvalue weighted by molar-refractivity contribution is -0.124. The summed E-state index contributed by atoms with van der Waals surface area (Å²) in [5, 5.41) is 3.17. The summed E-state index contributed by atoms with van der Waals surface area (Å²) in [6.07, 6.45) is 8.88. The van der Waals surface area contributed by atoms with Gasteiger partial charge in [0.25, 0.3) is 0 Å². The zero-order valence-corrected chi connectivity index (χ0v) is 15.4. The summed E-state index contributed by atoms with van der Waals surface area (Å²) in [6, 6.07) is 7.62. The molecule has 6 nitrogen and oxygen atoms in total. The SMILES string of the molecule is CCc1nccn1CC1(CNC(=O)C(C)n2cnc3ccccc32)CC1. The van der Waals surface area contributed by atoms with E-state index in [9.17, 15) is 4.79 Å². The van der Waals surface area contributed by atoms with E-state index in [1.165, 1.54) is 0 Å². The van der Waals surface area contributed by atoms with Gasteiger partial charge in [-0.05, 0) is 31.9 Å². The van der Waals surface area contributed by atoms with Gasteiger partial charge in [0.2, 0.25) is 5.91 Å². The van der Waals surface area contributed by atoms with E-state index in [1.54, 1.807) is 6.33 Å². The second-order valence-electron chi connectivity index (χ2n) is 7.36. The highest BCUT2D eigenvalue weighted by atomic mass is 16.2. The molecule has 1 N–H and O–H groups in total. The van der Waals surface area contributed by atoms with Gasteiger partial charge >= 0.3 is 0 Å². The largest absolute Gasteiger partial charge is 0.354 e. The molecule has 1 saturated carbocycles. The molecule has 2 heterocycles. The number of aryl methyl sites for hydroxylation is 1. The van der Waals surface area contributed by atoms with Gasteiger partial charge in [-0.1, -0.05) is 19.1 Å². The molecular weight excluding hydrogens is 326 g/mol. The van der Waals surface area contributed by atoms with Crippen LogP contribution in [0.25, 0.3) is 11.0 Å². The third-order valence-corrected chi connectivity index (χ3v) is 5.50. The number of aromatic nitrogens is 4. The highest BCUT2D eigenvalue weighted by molar-refractivity contribution is 5.83. The van der Waals surface area contributed by atoms with E-state index in [2.05, 4.69) is 26.8 Å². The molecule has 0 aliphatic heterocycles. The molecule has 2 aromatic heterocycles. The fraction of sp³-hybridized carbons (Fsp3) is 0.450. The van der Waals surface area contributed by atoms with E-state index >= 15 is 0 Å². The van der Waals surface area contributed by atoms with Crippen LogP contribution in [0, 0.1) is 5.41 Å². The molecule has 26 heavy (non-hydrogen) atoms. The zero-order chi connectivity index (χ0) is 18.1. The highest BCUT2D eigenvalue weighted by Gasteiger charge is 2.43. The van der Waals surface area contributed by atoms with E-state index in [4.69, 9.17) is 0 Å². The van der Waals surface area contributed by atoms with Crippen LogP contribution in [-0.2, 0) is 17.8 Å². The van der Waals surface area contributed by atoms with Crippen molar-refractivity contribution in [3.8, 4) is 0 Å². The second-order valence-corrected chi connectivity index (χ2v) is 7.36. The van der Waals surface area contributed by atoms with Crippen molar-refractivity contribution in [2.75, 3.05) is 6.54 Å². The van der Waals surface area contributed by atoms with Gasteiger partial charge in [0.15, 0.2) is 0 Å². The maximum absolute atomic E-state index is 12.7. The minimum Gasteiger partial charge on any atom is -0.354 e. The number of fused-ring (bicyclic) bond motifs is 1. The molecule has 0 radical (unpaired) electrons. The van der Waals surface area contributed by atoms with E-state index < -0.39 is 0 Å². The van der Waals surface area contributed by atoms with Crippen molar-refractivity contribution in [3.05, 3.63) is 48.8 Å². The lowest BCUT2D eigenvalue weighted by atomic mass is 10.1. The number of amides is 1. The minimum atomic E-state index is -0.280. The molecule has 0 bridgehead atoms. The number of carbonyl (C=O) groups excluding carboxylic acids is 1. The van der Waals surface area contributed by atoms with Crippen molar-refractivity contribution in [1.29, 1.82) is 0 Å². The van der Waals surface area contributed by atoms with Crippen LogP contribution in [0.2, 0.25) is 0 Å². The Morgan fingerprint density at radius 3 is 2.88 bits per heavy atom. The van der Waals surface area contributed by atoms with Crippen molar-refractivity contribution >= 4 is 16.9 Å². The summed E-state index contributed by atoms with van der Waals surface area (Å²) in [6.45, 7) is 5.69. The van der Waals surface area contributed by atoms with Gasteiger partial charge < -0.3 is 14.5 Å². The third-order valence-electron chi connectivity index (χ3n) is 5.50. The normalized spacial score (nSPS) is 16.5. The number of hydrogen-bond acceptors (Lipinski definition) is 3. The predicted octanol–water partition coefficient (Wildman–Crippen LogP) is 2.95. The van der Waals surface area contributed by atoms with Crippen molar-refractivity contribution in [3.63, 3.8) is 0 Å².